The molecule has 0 saturated carbocycles. The topological polar surface area (TPSA) is 55.6 Å². The van der Waals surface area contributed by atoms with Gasteiger partial charge in [-0.15, -0.1) is 0 Å². The highest BCUT2D eigenvalue weighted by molar-refractivity contribution is 5.70. The third-order valence-electron chi connectivity index (χ3n) is 3.75. The van der Waals surface area contributed by atoms with Crippen molar-refractivity contribution in [3.8, 4) is 0 Å². The van der Waals surface area contributed by atoms with Crippen molar-refractivity contribution in [3.63, 3.8) is 0 Å². The average Bonchev–Trinajstić information content (AvgIpc) is 2.11. The molecule has 0 unspecified atom stereocenters. The predicted octanol–water partition coefficient (Wildman–Crippen LogP) is 3.29. The van der Waals surface area contributed by atoms with E-state index in [9.17, 15) is 4.79 Å². The number of rotatable bonds is 2. The lowest BCUT2D eigenvalue weighted by atomic mass is 9.80. The molecule has 19 heavy (non-hydrogen) atoms. The Morgan fingerprint density at radius 3 is 2.53 bits per heavy atom. The Morgan fingerprint density at radius 1 is 1.47 bits per heavy atom. The van der Waals surface area contributed by atoms with Crippen molar-refractivity contribution in [2.75, 3.05) is 0 Å². The summed E-state index contributed by atoms with van der Waals surface area (Å²) in [5.41, 5.74) is 5.50. The van der Waals surface area contributed by atoms with Gasteiger partial charge in [-0.25, -0.2) is 4.79 Å². The normalized spacial score (nSPS) is 32.3. The molecule has 0 aromatic rings. The summed E-state index contributed by atoms with van der Waals surface area (Å²) in [5, 5.41) is 0. The lowest BCUT2D eigenvalue weighted by molar-refractivity contribution is -0.0342. The summed E-state index contributed by atoms with van der Waals surface area (Å²) in [5.74, 6) is 0. The van der Waals surface area contributed by atoms with Gasteiger partial charge in [0.15, 0.2) is 0 Å². The Bertz CT molecular complexity index is 325. The van der Waals surface area contributed by atoms with Crippen LogP contribution in [0.15, 0.2) is 0 Å². The molecule has 0 aromatic heterocycles. The number of carbonyl (C=O) groups excluding carboxylic acids is 1. The Hall–Kier alpha value is -0.770. The molecule has 1 aliphatic rings. The van der Waals surface area contributed by atoms with Crippen LogP contribution in [0.25, 0.3) is 0 Å². The fourth-order valence-corrected chi connectivity index (χ4v) is 3.29. The summed E-state index contributed by atoms with van der Waals surface area (Å²) < 4.78 is 5.57. The van der Waals surface area contributed by atoms with Gasteiger partial charge in [0.2, 0.25) is 0 Å². The summed E-state index contributed by atoms with van der Waals surface area (Å²) in [6, 6.07) is 0.306. The minimum absolute atomic E-state index is 0.134. The predicted molar refractivity (Wildman–Crippen MR) is 78.1 cm³/mol. The zero-order valence-corrected chi connectivity index (χ0v) is 13.3. The highest BCUT2D eigenvalue weighted by atomic mass is 16.6. The highest BCUT2D eigenvalue weighted by Gasteiger charge is 2.44. The molecule has 4 heteroatoms. The second-order valence-electron chi connectivity index (χ2n) is 7.15. The maximum absolute atomic E-state index is 12.5. The van der Waals surface area contributed by atoms with Gasteiger partial charge in [-0.05, 0) is 53.9 Å². The lowest BCUT2D eigenvalue weighted by Gasteiger charge is -2.50. The van der Waals surface area contributed by atoms with Crippen LogP contribution in [-0.2, 0) is 4.74 Å². The molecule has 2 N–H and O–H groups in total. The summed E-state index contributed by atoms with van der Waals surface area (Å²) in [4.78, 5) is 14.4. The molecular weight excluding hydrogens is 240 g/mol. The lowest BCUT2D eigenvalue weighted by Crippen LogP contribution is -2.61. The first-order valence-corrected chi connectivity index (χ1v) is 7.37. The number of hydrogen-bond acceptors (Lipinski definition) is 3. The molecule has 0 radical (unpaired) electrons. The standard InChI is InChI=1S/C15H30N2O2/c1-7-8-15(6)10-12(16)9-11(2)17(15)13(18)19-14(3,4)5/h11-12H,7-10,16H2,1-6H3/t11-,12+,15-/m1/s1. The van der Waals surface area contributed by atoms with E-state index in [1.54, 1.807) is 0 Å². The first-order chi connectivity index (χ1) is 8.59. The first-order valence-electron chi connectivity index (χ1n) is 7.37. The zero-order chi connectivity index (χ0) is 14.8. The molecule has 1 amide bonds. The summed E-state index contributed by atoms with van der Waals surface area (Å²) in [6.45, 7) is 12.1. The molecule has 3 atom stereocenters. The SMILES string of the molecule is CCC[C@]1(C)C[C@@H](N)C[C@@H](C)N1C(=O)OC(C)(C)C. The van der Waals surface area contributed by atoms with Crippen LogP contribution in [0.5, 0.6) is 0 Å². The first kappa shape index (κ1) is 16.3. The van der Waals surface area contributed by atoms with Crippen LogP contribution >= 0.6 is 0 Å². The number of nitrogens with two attached hydrogens (primary N) is 1. The van der Waals surface area contributed by atoms with Gasteiger partial charge < -0.3 is 10.5 Å². The van der Waals surface area contributed by atoms with Gasteiger partial charge in [-0.2, -0.15) is 0 Å². The minimum atomic E-state index is -0.455. The molecule has 0 aliphatic carbocycles. The smallest absolute Gasteiger partial charge is 0.410 e. The summed E-state index contributed by atoms with van der Waals surface area (Å²) in [6.07, 6.45) is 3.49. The van der Waals surface area contributed by atoms with Gasteiger partial charge in [-0.1, -0.05) is 13.3 Å². The molecule has 0 bridgehead atoms. The maximum Gasteiger partial charge on any atom is 0.410 e. The molecule has 1 rings (SSSR count). The Balaban J connectivity index is 2.94. The van der Waals surface area contributed by atoms with Crippen molar-refractivity contribution in [2.45, 2.75) is 90.4 Å². The molecular formula is C15H30N2O2. The van der Waals surface area contributed by atoms with Crippen molar-refractivity contribution < 1.29 is 9.53 Å². The van der Waals surface area contributed by atoms with Crippen molar-refractivity contribution >= 4 is 6.09 Å². The molecule has 1 saturated heterocycles. The van der Waals surface area contributed by atoms with Crippen LogP contribution < -0.4 is 5.73 Å². The van der Waals surface area contributed by atoms with Gasteiger partial charge in [-0.3, -0.25) is 4.90 Å². The molecule has 112 valence electrons. The molecule has 1 aliphatic heterocycles. The fourth-order valence-electron chi connectivity index (χ4n) is 3.29. The number of ether oxygens (including phenoxy) is 1. The van der Waals surface area contributed by atoms with Crippen LogP contribution in [0.2, 0.25) is 0 Å². The van der Waals surface area contributed by atoms with E-state index < -0.39 is 5.60 Å². The molecule has 0 spiro atoms. The molecule has 0 aromatic carbocycles. The van der Waals surface area contributed by atoms with E-state index >= 15 is 0 Å². The largest absolute Gasteiger partial charge is 0.444 e. The number of nitrogens with zero attached hydrogens (tertiary/aromatic N) is 1. The number of piperidine rings is 1. The van der Waals surface area contributed by atoms with E-state index in [0.717, 1.165) is 25.7 Å². The second kappa shape index (κ2) is 5.70. The number of amides is 1. The van der Waals surface area contributed by atoms with Crippen molar-refractivity contribution in [2.24, 2.45) is 5.73 Å². The fraction of sp³-hybridized carbons (Fsp3) is 0.933. The van der Waals surface area contributed by atoms with Crippen molar-refractivity contribution in [3.05, 3.63) is 0 Å². The van der Waals surface area contributed by atoms with Crippen molar-refractivity contribution in [1.82, 2.24) is 4.90 Å². The number of hydrogen-bond donors (Lipinski definition) is 1. The maximum atomic E-state index is 12.5. The Morgan fingerprint density at radius 2 is 2.05 bits per heavy atom. The van der Waals surface area contributed by atoms with E-state index in [1.165, 1.54) is 0 Å². The van der Waals surface area contributed by atoms with Gasteiger partial charge >= 0.3 is 6.09 Å². The summed E-state index contributed by atoms with van der Waals surface area (Å²) in [7, 11) is 0. The van der Waals surface area contributed by atoms with Crippen LogP contribution in [0.1, 0.15) is 67.2 Å². The third-order valence-corrected chi connectivity index (χ3v) is 3.75. The highest BCUT2D eigenvalue weighted by Crippen LogP contribution is 2.36. The molecule has 1 heterocycles. The van der Waals surface area contributed by atoms with E-state index in [2.05, 4.69) is 20.8 Å². The van der Waals surface area contributed by atoms with E-state index in [-0.39, 0.29) is 23.7 Å². The molecule has 4 nitrogen and oxygen atoms in total. The Kier molecular flexibility index (Phi) is 4.88. The van der Waals surface area contributed by atoms with E-state index in [1.807, 2.05) is 25.7 Å². The number of carbonyl (C=O) groups is 1. The van der Waals surface area contributed by atoms with E-state index in [0.29, 0.717) is 0 Å². The second-order valence-corrected chi connectivity index (χ2v) is 7.15. The van der Waals surface area contributed by atoms with Crippen LogP contribution in [0, 0.1) is 0 Å². The zero-order valence-electron chi connectivity index (χ0n) is 13.3. The monoisotopic (exact) mass is 270 g/mol. The van der Waals surface area contributed by atoms with Gasteiger partial charge in [0.1, 0.15) is 5.60 Å². The minimum Gasteiger partial charge on any atom is -0.444 e. The van der Waals surface area contributed by atoms with Gasteiger partial charge in [0, 0.05) is 17.6 Å². The van der Waals surface area contributed by atoms with E-state index in [4.69, 9.17) is 10.5 Å². The third kappa shape index (κ3) is 4.10. The average molecular weight is 270 g/mol. The van der Waals surface area contributed by atoms with Gasteiger partial charge in [0.25, 0.3) is 0 Å². The van der Waals surface area contributed by atoms with Crippen LogP contribution in [0.4, 0.5) is 4.79 Å². The summed E-state index contributed by atoms with van der Waals surface area (Å²) >= 11 is 0. The quantitative estimate of drug-likeness (QED) is 0.837. The van der Waals surface area contributed by atoms with Crippen molar-refractivity contribution in [1.29, 1.82) is 0 Å². The Labute approximate surface area is 117 Å². The van der Waals surface area contributed by atoms with Gasteiger partial charge in [0.05, 0.1) is 0 Å². The van der Waals surface area contributed by atoms with Crippen LogP contribution in [-0.4, -0.2) is 34.2 Å². The molecule has 1 fully saturated rings. The number of likely N-dealkylation sites (tertiary alicyclic amines) is 1. The van der Waals surface area contributed by atoms with Crippen LogP contribution in [0.3, 0.4) is 0 Å².